The van der Waals surface area contributed by atoms with E-state index in [-0.39, 0.29) is 5.91 Å². The number of halogens is 2. The maximum atomic E-state index is 12.1. The van der Waals surface area contributed by atoms with Crippen LogP contribution in [0.5, 0.6) is 0 Å². The van der Waals surface area contributed by atoms with E-state index in [1.54, 1.807) is 18.2 Å². The predicted octanol–water partition coefficient (Wildman–Crippen LogP) is 5.74. The van der Waals surface area contributed by atoms with Crippen LogP contribution in [0.25, 0.3) is 11.3 Å². The zero-order valence-electron chi connectivity index (χ0n) is 11.4. The molecular weight excluding hydrogens is 359 g/mol. The summed E-state index contributed by atoms with van der Waals surface area (Å²) >= 11 is 14.8. The molecule has 0 aliphatic heterocycles. The van der Waals surface area contributed by atoms with Crippen molar-refractivity contribution in [3.8, 4) is 11.3 Å². The van der Waals surface area contributed by atoms with Gasteiger partial charge in [0.05, 0.1) is 20.6 Å². The van der Waals surface area contributed by atoms with Gasteiger partial charge in [-0.3, -0.25) is 10.1 Å². The third kappa shape index (κ3) is 3.17. The van der Waals surface area contributed by atoms with Gasteiger partial charge < -0.3 is 0 Å². The zero-order chi connectivity index (χ0) is 15.7. The molecule has 3 rings (SSSR count). The Morgan fingerprint density at radius 2 is 2.05 bits per heavy atom. The highest BCUT2D eigenvalue weighted by Gasteiger charge is 2.14. The second kappa shape index (κ2) is 6.38. The monoisotopic (exact) mass is 368 g/mol. The first kappa shape index (κ1) is 15.5. The van der Waals surface area contributed by atoms with Gasteiger partial charge in [0.25, 0.3) is 5.91 Å². The first-order chi connectivity index (χ1) is 10.5. The van der Waals surface area contributed by atoms with Crippen molar-refractivity contribution in [2.24, 2.45) is 0 Å². The van der Waals surface area contributed by atoms with Gasteiger partial charge in [-0.05, 0) is 30.5 Å². The molecule has 0 spiro atoms. The average Bonchev–Trinajstić information content (AvgIpc) is 3.12. The fourth-order valence-corrected chi connectivity index (χ4v) is 3.68. The van der Waals surface area contributed by atoms with Gasteiger partial charge in [0.2, 0.25) is 0 Å². The molecule has 0 saturated heterocycles. The SMILES string of the molecule is Cc1sc(NC(=O)c2cccs2)nc1-c1ccc(Cl)c(Cl)c1. The number of carbonyl (C=O) groups is 1. The van der Waals surface area contributed by atoms with Crippen LogP contribution in [0.2, 0.25) is 10.0 Å². The van der Waals surface area contributed by atoms with Gasteiger partial charge in [-0.1, -0.05) is 35.3 Å². The Hall–Kier alpha value is -1.40. The molecule has 0 saturated carbocycles. The van der Waals surface area contributed by atoms with Gasteiger partial charge in [0, 0.05) is 10.4 Å². The molecule has 0 atom stereocenters. The minimum atomic E-state index is -0.149. The number of aromatic nitrogens is 1. The average molecular weight is 369 g/mol. The number of thiophene rings is 1. The number of thiazole rings is 1. The maximum absolute atomic E-state index is 12.1. The van der Waals surface area contributed by atoms with Crippen molar-refractivity contribution < 1.29 is 4.79 Å². The zero-order valence-corrected chi connectivity index (χ0v) is 14.5. The molecular formula is C15H10Cl2N2OS2. The van der Waals surface area contributed by atoms with Crippen LogP contribution in [0.4, 0.5) is 5.13 Å². The fraction of sp³-hybridized carbons (Fsp3) is 0.0667. The topological polar surface area (TPSA) is 42.0 Å². The highest BCUT2D eigenvalue weighted by Crippen LogP contribution is 2.34. The van der Waals surface area contributed by atoms with Crippen LogP contribution in [-0.2, 0) is 0 Å². The van der Waals surface area contributed by atoms with E-state index in [9.17, 15) is 4.79 Å². The van der Waals surface area contributed by atoms with Crippen LogP contribution in [0.1, 0.15) is 14.5 Å². The van der Waals surface area contributed by atoms with E-state index < -0.39 is 0 Å². The van der Waals surface area contributed by atoms with E-state index in [2.05, 4.69) is 10.3 Å². The summed E-state index contributed by atoms with van der Waals surface area (Å²) < 4.78 is 0. The van der Waals surface area contributed by atoms with Crippen LogP contribution in [0.3, 0.4) is 0 Å². The third-order valence-corrected chi connectivity index (χ3v) is 5.45. The van der Waals surface area contributed by atoms with Crippen molar-refractivity contribution in [1.82, 2.24) is 4.98 Å². The molecule has 1 amide bonds. The lowest BCUT2D eigenvalue weighted by atomic mass is 10.1. The summed E-state index contributed by atoms with van der Waals surface area (Å²) in [7, 11) is 0. The summed E-state index contributed by atoms with van der Waals surface area (Å²) in [4.78, 5) is 18.2. The molecule has 2 heterocycles. The number of aryl methyl sites for hydroxylation is 1. The Morgan fingerprint density at radius 1 is 1.23 bits per heavy atom. The molecule has 7 heteroatoms. The molecule has 112 valence electrons. The summed E-state index contributed by atoms with van der Waals surface area (Å²) in [5, 5.41) is 6.24. The number of anilines is 1. The van der Waals surface area contributed by atoms with Crippen LogP contribution in [-0.4, -0.2) is 10.9 Å². The van der Waals surface area contributed by atoms with Crippen molar-refractivity contribution in [3.63, 3.8) is 0 Å². The van der Waals surface area contributed by atoms with Crippen molar-refractivity contribution in [2.75, 3.05) is 5.32 Å². The quantitative estimate of drug-likeness (QED) is 0.640. The molecule has 0 aliphatic rings. The first-order valence-electron chi connectivity index (χ1n) is 6.32. The Balaban J connectivity index is 1.87. The number of carbonyl (C=O) groups excluding carboxylic acids is 1. The highest BCUT2D eigenvalue weighted by atomic mass is 35.5. The van der Waals surface area contributed by atoms with Crippen LogP contribution >= 0.6 is 45.9 Å². The van der Waals surface area contributed by atoms with E-state index in [1.165, 1.54) is 22.7 Å². The number of hydrogen-bond acceptors (Lipinski definition) is 4. The Morgan fingerprint density at radius 3 is 2.73 bits per heavy atom. The first-order valence-corrected chi connectivity index (χ1v) is 8.77. The fourth-order valence-electron chi connectivity index (χ4n) is 1.93. The number of nitrogens with one attached hydrogen (secondary N) is 1. The van der Waals surface area contributed by atoms with Gasteiger partial charge in [-0.2, -0.15) is 0 Å². The molecule has 2 aromatic heterocycles. The maximum Gasteiger partial charge on any atom is 0.267 e. The standard InChI is InChI=1S/C15H10Cl2N2OS2/c1-8-13(9-4-5-10(16)11(17)7-9)18-15(22-8)19-14(20)12-3-2-6-21-12/h2-7H,1H3,(H,18,19,20). The van der Waals surface area contributed by atoms with E-state index >= 15 is 0 Å². The molecule has 3 nitrogen and oxygen atoms in total. The highest BCUT2D eigenvalue weighted by molar-refractivity contribution is 7.16. The summed E-state index contributed by atoms with van der Waals surface area (Å²) in [6, 6.07) is 8.99. The van der Waals surface area contributed by atoms with Crippen LogP contribution in [0.15, 0.2) is 35.7 Å². The van der Waals surface area contributed by atoms with E-state index in [0.29, 0.717) is 20.1 Å². The van der Waals surface area contributed by atoms with Crippen molar-refractivity contribution in [2.45, 2.75) is 6.92 Å². The Bertz CT molecular complexity index is 828. The van der Waals surface area contributed by atoms with Crippen LogP contribution in [0, 0.1) is 6.92 Å². The number of benzene rings is 1. The summed E-state index contributed by atoms with van der Waals surface area (Å²) in [5.41, 5.74) is 1.67. The van der Waals surface area contributed by atoms with Gasteiger partial charge in [-0.15, -0.1) is 22.7 Å². The van der Waals surface area contributed by atoms with Crippen LogP contribution < -0.4 is 5.32 Å². The van der Waals surface area contributed by atoms with Gasteiger partial charge in [0.15, 0.2) is 5.13 Å². The Kier molecular flexibility index (Phi) is 4.49. The van der Waals surface area contributed by atoms with E-state index in [0.717, 1.165) is 16.1 Å². The van der Waals surface area contributed by atoms with Gasteiger partial charge in [-0.25, -0.2) is 4.98 Å². The Labute approximate surface area is 145 Å². The lowest BCUT2D eigenvalue weighted by molar-refractivity contribution is 0.103. The lowest BCUT2D eigenvalue weighted by Gasteiger charge is -2.01. The summed E-state index contributed by atoms with van der Waals surface area (Å²) in [5.74, 6) is -0.149. The van der Waals surface area contributed by atoms with E-state index in [4.69, 9.17) is 23.2 Å². The summed E-state index contributed by atoms with van der Waals surface area (Å²) in [6.07, 6.45) is 0. The second-order valence-corrected chi connectivity index (χ2v) is 7.45. The number of amides is 1. The molecule has 0 bridgehead atoms. The minimum absolute atomic E-state index is 0.149. The lowest BCUT2D eigenvalue weighted by Crippen LogP contribution is -2.09. The van der Waals surface area contributed by atoms with E-state index in [1.807, 2.05) is 24.4 Å². The van der Waals surface area contributed by atoms with Gasteiger partial charge in [0.1, 0.15) is 0 Å². The molecule has 3 aromatic rings. The normalized spacial score (nSPS) is 10.7. The molecule has 22 heavy (non-hydrogen) atoms. The number of rotatable bonds is 3. The molecule has 1 N–H and O–H groups in total. The third-order valence-electron chi connectivity index (χ3n) is 2.96. The van der Waals surface area contributed by atoms with Gasteiger partial charge >= 0.3 is 0 Å². The van der Waals surface area contributed by atoms with Crippen molar-refractivity contribution in [3.05, 3.63) is 55.5 Å². The molecule has 1 aromatic carbocycles. The van der Waals surface area contributed by atoms with Crippen molar-refractivity contribution in [1.29, 1.82) is 0 Å². The largest absolute Gasteiger partial charge is 0.297 e. The molecule has 0 aliphatic carbocycles. The number of hydrogen-bond donors (Lipinski definition) is 1. The molecule has 0 radical (unpaired) electrons. The smallest absolute Gasteiger partial charge is 0.267 e. The van der Waals surface area contributed by atoms with Crippen molar-refractivity contribution >= 4 is 56.9 Å². The predicted molar refractivity (Wildman–Crippen MR) is 94.6 cm³/mol. The summed E-state index contributed by atoms with van der Waals surface area (Å²) in [6.45, 7) is 1.95. The molecule has 0 unspecified atom stereocenters. The number of nitrogens with zero attached hydrogens (tertiary/aromatic N) is 1. The molecule has 0 fully saturated rings. The second-order valence-electron chi connectivity index (χ2n) is 4.48. The minimum Gasteiger partial charge on any atom is -0.297 e.